The minimum atomic E-state index is -1.18. The average Bonchev–Trinajstić information content (AvgIpc) is 1.97. The van der Waals surface area contributed by atoms with Crippen molar-refractivity contribution in [3.05, 3.63) is 0 Å². The Bertz CT molecular complexity index is 231. The molecule has 0 aromatic rings. The summed E-state index contributed by atoms with van der Waals surface area (Å²) in [6, 6.07) is 0. The largest absolute Gasteiger partial charge is 0.481 e. The molecule has 0 atom stereocenters. The molecule has 0 amide bonds. The molecular formula is C7H11K2NO6. The van der Waals surface area contributed by atoms with E-state index in [4.69, 9.17) is 15.3 Å². The molecule has 0 rings (SSSR count). The summed E-state index contributed by atoms with van der Waals surface area (Å²) in [7, 11) is 0. The smallest absolute Gasteiger partial charge is 0.317 e. The molecule has 9 heteroatoms. The third-order valence-electron chi connectivity index (χ3n) is 1.36. The minimum Gasteiger partial charge on any atom is -0.481 e. The van der Waals surface area contributed by atoms with Crippen molar-refractivity contribution in [2.24, 2.45) is 0 Å². The normalized spacial score (nSPS) is 8.81. The standard InChI is InChI=1S/C7H11NO6.2K/c9-5(10)1-2-8(3-6(11)12)4-7(13)14;;/h1-4H2,(H,9,10)(H,11,12)(H,13,14);;. The van der Waals surface area contributed by atoms with Gasteiger partial charge in [0.1, 0.15) is 0 Å². The zero-order valence-electron chi connectivity index (χ0n) is 9.34. The molecule has 0 heterocycles. The van der Waals surface area contributed by atoms with Gasteiger partial charge in [0.05, 0.1) is 19.5 Å². The van der Waals surface area contributed by atoms with Crippen molar-refractivity contribution >= 4 is 121 Å². The zero-order chi connectivity index (χ0) is 11.1. The van der Waals surface area contributed by atoms with Crippen molar-refractivity contribution in [1.29, 1.82) is 0 Å². The second-order valence-electron chi connectivity index (χ2n) is 2.64. The van der Waals surface area contributed by atoms with Gasteiger partial charge in [-0.05, 0) is 0 Å². The fraction of sp³-hybridized carbons (Fsp3) is 0.571. The van der Waals surface area contributed by atoms with Crippen LogP contribution in [0.3, 0.4) is 0 Å². The fourth-order valence-electron chi connectivity index (χ4n) is 0.850. The van der Waals surface area contributed by atoms with Gasteiger partial charge >= 0.3 is 17.9 Å². The molecule has 0 aliphatic carbocycles. The van der Waals surface area contributed by atoms with Crippen molar-refractivity contribution in [2.75, 3.05) is 19.6 Å². The van der Waals surface area contributed by atoms with Crippen LogP contribution in [0.5, 0.6) is 0 Å². The minimum absolute atomic E-state index is 0. The Hall–Kier alpha value is 1.64. The maximum Gasteiger partial charge on any atom is 0.317 e. The summed E-state index contributed by atoms with van der Waals surface area (Å²) >= 11 is 0. The third kappa shape index (κ3) is 15.6. The molecule has 0 saturated carbocycles. The number of rotatable bonds is 7. The van der Waals surface area contributed by atoms with Gasteiger partial charge in [-0.1, -0.05) is 0 Å². The molecule has 7 nitrogen and oxygen atoms in total. The molecule has 3 N–H and O–H groups in total. The van der Waals surface area contributed by atoms with Crippen molar-refractivity contribution in [1.82, 2.24) is 4.90 Å². The van der Waals surface area contributed by atoms with E-state index in [-0.39, 0.29) is 116 Å². The first-order valence-electron chi connectivity index (χ1n) is 3.79. The van der Waals surface area contributed by atoms with Crippen molar-refractivity contribution in [2.45, 2.75) is 6.42 Å². The van der Waals surface area contributed by atoms with E-state index in [0.717, 1.165) is 4.90 Å². The first-order valence-corrected chi connectivity index (χ1v) is 3.79. The second-order valence-corrected chi connectivity index (χ2v) is 2.64. The molecule has 0 fully saturated rings. The van der Waals surface area contributed by atoms with Crippen LogP contribution in [0, 0.1) is 0 Å². The molecular weight excluding hydrogens is 272 g/mol. The number of nitrogens with zero attached hydrogens (tertiary/aromatic N) is 1. The molecule has 2 radical (unpaired) electrons. The van der Waals surface area contributed by atoms with Crippen LogP contribution < -0.4 is 0 Å². The van der Waals surface area contributed by atoms with E-state index >= 15 is 0 Å². The maximum absolute atomic E-state index is 10.3. The number of aliphatic carboxylic acids is 3. The summed E-state index contributed by atoms with van der Waals surface area (Å²) in [6.45, 7) is -1.03. The number of hydrogen-bond donors (Lipinski definition) is 3. The summed E-state index contributed by atoms with van der Waals surface area (Å²) in [5.41, 5.74) is 0. The summed E-state index contributed by atoms with van der Waals surface area (Å²) in [6.07, 6.45) is -0.277. The average molecular weight is 283 g/mol. The summed E-state index contributed by atoms with van der Waals surface area (Å²) in [5.74, 6) is -3.46. The van der Waals surface area contributed by atoms with Gasteiger partial charge in [-0.25, -0.2) is 0 Å². The Kier molecular flexibility index (Phi) is 18.6. The van der Waals surface area contributed by atoms with Gasteiger partial charge in [0.25, 0.3) is 0 Å². The Balaban J connectivity index is -0.000000845. The molecule has 0 spiro atoms. The monoisotopic (exact) mass is 283 g/mol. The van der Waals surface area contributed by atoms with Gasteiger partial charge in [0.15, 0.2) is 0 Å². The Morgan fingerprint density at radius 2 is 1.19 bits per heavy atom. The van der Waals surface area contributed by atoms with Gasteiger partial charge in [-0.15, -0.1) is 0 Å². The van der Waals surface area contributed by atoms with Crippen LogP contribution in [0.1, 0.15) is 6.42 Å². The molecule has 0 unspecified atom stereocenters. The van der Waals surface area contributed by atoms with Crippen LogP contribution in [0.2, 0.25) is 0 Å². The van der Waals surface area contributed by atoms with E-state index in [9.17, 15) is 14.4 Å². The first-order chi connectivity index (χ1) is 6.41. The Labute approximate surface area is 177 Å². The predicted octanol–water partition coefficient (Wildman–Crippen LogP) is -1.83. The molecule has 16 heavy (non-hydrogen) atoms. The molecule has 0 aromatic carbocycles. The van der Waals surface area contributed by atoms with Crippen molar-refractivity contribution < 1.29 is 29.7 Å². The van der Waals surface area contributed by atoms with E-state index in [2.05, 4.69) is 0 Å². The zero-order valence-corrected chi connectivity index (χ0v) is 15.6. The van der Waals surface area contributed by atoms with E-state index in [1.54, 1.807) is 0 Å². The van der Waals surface area contributed by atoms with Gasteiger partial charge in [-0.2, -0.15) is 0 Å². The quantitative estimate of drug-likeness (QED) is 0.471. The SMILES string of the molecule is O=C(O)CCN(CC(=O)O)CC(=O)O.[K].[K]. The van der Waals surface area contributed by atoms with E-state index in [0.29, 0.717) is 0 Å². The van der Waals surface area contributed by atoms with Gasteiger partial charge in [0, 0.05) is 109 Å². The third-order valence-corrected chi connectivity index (χ3v) is 1.36. The van der Waals surface area contributed by atoms with Gasteiger partial charge in [0.2, 0.25) is 0 Å². The van der Waals surface area contributed by atoms with Crippen LogP contribution in [0.25, 0.3) is 0 Å². The predicted molar refractivity (Wildman–Crippen MR) is 55.5 cm³/mol. The number of carbonyl (C=O) groups is 3. The van der Waals surface area contributed by atoms with Crippen LogP contribution in [0.4, 0.5) is 0 Å². The van der Waals surface area contributed by atoms with E-state index in [1.807, 2.05) is 0 Å². The summed E-state index contributed by atoms with van der Waals surface area (Å²) in [4.78, 5) is 31.7. The van der Waals surface area contributed by atoms with Crippen molar-refractivity contribution in [3.63, 3.8) is 0 Å². The number of carboxylic acid groups (broad SMARTS) is 3. The second kappa shape index (κ2) is 13.1. The van der Waals surface area contributed by atoms with Crippen LogP contribution in [-0.4, -0.2) is 161 Å². The van der Waals surface area contributed by atoms with Crippen LogP contribution >= 0.6 is 0 Å². The molecule has 0 saturated heterocycles. The number of hydrogen-bond acceptors (Lipinski definition) is 4. The summed E-state index contributed by atoms with van der Waals surface area (Å²) < 4.78 is 0. The Morgan fingerprint density at radius 3 is 1.44 bits per heavy atom. The van der Waals surface area contributed by atoms with Crippen molar-refractivity contribution in [3.8, 4) is 0 Å². The first kappa shape index (κ1) is 22.8. The van der Waals surface area contributed by atoms with E-state index < -0.39 is 31.0 Å². The molecule has 0 aliphatic heterocycles. The Morgan fingerprint density at radius 1 is 0.812 bits per heavy atom. The van der Waals surface area contributed by atoms with Crippen LogP contribution in [0.15, 0.2) is 0 Å². The van der Waals surface area contributed by atoms with Crippen LogP contribution in [-0.2, 0) is 14.4 Å². The molecule has 0 aliphatic rings. The number of carboxylic acids is 3. The van der Waals surface area contributed by atoms with E-state index in [1.165, 1.54) is 0 Å². The van der Waals surface area contributed by atoms with Gasteiger partial charge < -0.3 is 15.3 Å². The maximum atomic E-state index is 10.3. The van der Waals surface area contributed by atoms with Gasteiger partial charge in [-0.3, -0.25) is 19.3 Å². The molecule has 0 aromatic heterocycles. The topological polar surface area (TPSA) is 115 Å². The molecule has 0 bridgehead atoms. The molecule has 82 valence electrons. The fourth-order valence-corrected chi connectivity index (χ4v) is 0.850. The summed E-state index contributed by atoms with van der Waals surface area (Å²) in [5, 5.41) is 25.1.